The lowest BCUT2D eigenvalue weighted by Gasteiger charge is -2.10. The minimum Gasteiger partial charge on any atom is -0.494 e. The summed E-state index contributed by atoms with van der Waals surface area (Å²) in [5.74, 6) is -7.88. The Labute approximate surface area is 206 Å². The fourth-order valence-electron chi connectivity index (χ4n) is 3.33. The third kappa shape index (κ3) is 8.46. The first kappa shape index (κ1) is 27.4. The Morgan fingerprint density at radius 2 is 1.18 bits per heavy atom. The number of halogens is 5. The average Bonchev–Trinajstić information content (AvgIpc) is 2.81. The molecule has 2 rings (SSSR count). The van der Waals surface area contributed by atoms with E-state index >= 15 is 0 Å². The molecule has 0 bridgehead atoms. The van der Waals surface area contributed by atoms with Gasteiger partial charge in [-0.3, -0.25) is 0 Å². The van der Waals surface area contributed by atoms with Crippen molar-refractivity contribution >= 4 is 28.6 Å². The van der Waals surface area contributed by atoms with Gasteiger partial charge in [0.1, 0.15) is 17.1 Å². The van der Waals surface area contributed by atoms with Gasteiger partial charge in [0.2, 0.25) is 0 Å². The Kier molecular flexibility index (Phi) is 12.0. The van der Waals surface area contributed by atoms with Crippen molar-refractivity contribution in [1.29, 1.82) is 0 Å². The van der Waals surface area contributed by atoms with Crippen LogP contribution in [0.25, 0.3) is 0 Å². The molecule has 8 heteroatoms. The van der Waals surface area contributed by atoms with E-state index in [2.05, 4.69) is 6.92 Å². The number of hydrogen-bond acceptors (Lipinski definition) is 3. The lowest BCUT2D eigenvalue weighted by atomic mass is 10.1. The molecular weight excluding hydrogens is 551 g/mol. The molecule has 0 radical (unpaired) electrons. The van der Waals surface area contributed by atoms with Gasteiger partial charge < -0.3 is 9.47 Å². The van der Waals surface area contributed by atoms with E-state index in [1.165, 1.54) is 63.5 Å². The first-order chi connectivity index (χ1) is 15.9. The predicted molar refractivity (Wildman–Crippen MR) is 128 cm³/mol. The van der Waals surface area contributed by atoms with Gasteiger partial charge in [-0.2, -0.15) is 0 Å². The first-order valence-electron chi connectivity index (χ1n) is 11.3. The van der Waals surface area contributed by atoms with E-state index in [1.54, 1.807) is 12.1 Å². The summed E-state index contributed by atoms with van der Waals surface area (Å²) in [6.45, 7) is 2.77. The molecule has 0 spiro atoms. The maximum atomic E-state index is 13.9. The van der Waals surface area contributed by atoms with E-state index in [9.17, 15) is 22.4 Å². The van der Waals surface area contributed by atoms with E-state index in [0.717, 1.165) is 35.4 Å². The van der Waals surface area contributed by atoms with Gasteiger partial charge in [0.25, 0.3) is 0 Å². The predicted octanol–water partition coefficient (Wildman–Crippen LogP) is 8.37. The molecular formula is C25H29F4IO3. The maximum absolute atomic E-state index is 13.9. The van der Waals surface area contributed by atoms with Gasteiger partial charge >= 0.3 is 5.97 Å². The summed E-state index contributed by atoms with van der Waals surface area (Å²) >= 11 is 1.12. The Bertz CT molecular complexity index is 875. The molecule has 0 aliphatic carbocycles. The van der Waals surface area contributed by atoms with Gasteiger partial charge in [-0.1, -0.05) is 64.7 Å². The van der Waals surface area contributed by atoms with Gasteiger partial charge in [0, 0.05) is 0 Å². The number of rotatable bonds is 14. The Balaban J connectivity index is 1.73. The molecule has 182 valence electrons. The van der Waals surface area contributed by atoms with E-state index < -0.39 is 38.4 Å². The van der Waals surface area contributed by atoms with Crippen LogP contribution >= 0.6 is 22.6 Å². The highest BCUT2D eigenvalue weighted by Crippen LogP contribution is 2.27. The Hall–Kier alpha value is -1.84. The molecule has 33 heavy (non-hydrogen) atoms. The van der Waals surface area contributed by atoms with Crippen molar-refractivity contribution in [2.45, 2.75) is 71.1 Å². The summed E-state index contributed by atoms with van der Waals surface area (Å²) in [5, 5.41) is 0. The molecule has 0 fully saturated rings. The number of benzene rings is 2. The fraction of sp³-hybridized carbons (Fsp3) is 0.480. The molecule has 0 atom stereocenters. The number of esters is 1. The Morgan fingerprint density at radius 3 is 1.70 bits per heavy atom. The van der Waals surface area contributed by atoms with Crippen molar-refractivity contribution in [3.8, 4) is 11.5 Å². The summed E-state index contributed by atoms with van der Waals surface area (Å²) in [6, 6.07) is 5.84. The first-order valence-corrected chi connectivity index (χ1v) is 12.4. The number of carbonyl (C=O) groups excluding carboxylic acids is 1. The van der Waals surface area contributed by atoms with Gasteiger partial charge in [0.15, 0.2) is 23.3 Å². The van der Waals surface area contributed by atoms with E-state index in [0.29, 0.717) is 12.4 Å². The van der Waals surface area contributed by atoms with Crippen molar-refractivity contribution in [2.24, 2.45) is 0 Å². The van der Waals surface area contributed by atoms with Crippen molar-refractivity contribution in [3.63, 3.8) is 0 Å². The van der Waals surface area contributed by atoms with Crippen molar-refractivity contribution < 1.29 is 31.8 Å². The van der Waals surface area contributed by atoms with Crippen LogP contribution in [0.1, 0.15) is 81.5 Å². The summed E-state index contributed by atoms with van der Waals surface area (Å²) in [7, 11) is 0. The molecule has 0 N–H and O–H groups in total. The van der Waals surface area contributed by atoms with E-state index in [1.807, 2.05) is 0 Å². The Morgan fingerprint density at radius 1 is 0.727 bits per heavy atom. The molecule has 0 aliphatic heterocycles. The second-order valence-corrected chi connectivity index (χ2v) is 8.92. The largest absolute Gasteiger partial charge is 0.494 e. The van der Waals surface area contributed by atoms with E-state index in [4.69, 9.17) is 9.47 Å². The van der Waals surface area contributed by atoms with Crippen LogP contribution in [0.2, 0.25) is 0 Å². The second kappa shape index (κ2) is 14.4. The van der Waals surface area contributed by atoms with Crippen LogP contribution in [0.5, 0.6) is 11.5 Å². The summed E-state index contributed by atoms with van der Waals surface area (Å²) in [6.07, 6.45) is 12.3. The second-order valence-electron chi connectivity index (χ2n) is 7.84. The van der Waals surface area contributed by atoms with Crippen molar-refractivity contribution in [3.05, 3.63) is 56.7 Å². The van der Waals surface area contributed by atoms with Crippen LogP contribution in [0.3, 0.4) is 0 Å². The fourth-order valence-corrected chi connectivity index (χ4v) is 3.80. The summed E-state index contributed by atoms with van der Waals surface area (Å²) in [4.78, 5) is 12.1. The maximum Gasteiger partial charge on any atom is 0.349 e. The zero-order chi connectivity index (χ0) is 24.2. The highest BCUT2D eigenvalue weighted by atomic mass is 127. The van der Waals surface area contributed by atoms with Gasteiger partial charge in [-0.05, 0) is 53.3 Å². The van der Waals surface area contributed by atoms with Crippen LogP contribution in [0, 0.1) is 26.8 Å². The number of hydrogen-bond donors (Lipinski definition) is 0. The molecule has 0 saturated carbocycles. The van der Waals surface area contributed by atoms with E-state index in [-0.39, 0.29) is 5.75 Å². The minimum atomic E-state index is -1.79. The van der Waals surface area contributed by atoms with Gasteiger partial charge in [-0.25, -0.2) is 22.4 Å². The van der Waals surface area contributed by atoms with Crippen LogP contribution in [-0.2, 0) is 0 Å². The van der Waals surface area contributed by atoms with Crippen LogP contribution in [0.4, 0.5) is 17.6 Å². The lowest BCUT2D eigenvalue weighted by molar-refractivity contribution is 0.0721. The lowest BCUT2D eigenvalue weighted by Crippen LogP contribution is -2.17. The molecule has 0 aliphatic rings. The SMILES string of the molecule is CCCCCCCCCCCCOc1ccc(OC(=O)c2c(F)c(F)c(I)c(F)c2F)cc1. The monoisotopic (exact) mass is 580 g/mol. The van der Waals surface area contributed by atoms with Crippen LogP contribution in [0.15, 0.2) is 24.3 Å². The third-order valence-electron chi connectivity index (χ3n) is 5.21. The third-order valence-corrected chi connectivity index (χ3v) is 6.16. The van der Waals surface area contributed by atoms with Crippen LogP contribution < -0.4 is 9.47 Å². The average molecular weight is 580 g/mol. The highest BCUT2D eigenvalue weighted by molar-refractivity contribution is 14.1. The molecule has 0 amide bonds. The standard InChI is InChI=1S/C25H29F4IO3/c1-2-3-4-5-6-7-8-9-10-11-16-32-17-12-14-18(15-13-17)33-25(31)19-20(26)22(28)24(30)23(29)21(19)27/h12-15H,2-11,16H2,1H3. The molecule has 0 heterocycles. The molecule has 3 nitrogen and oxygen atoms in total. The van der Waals surface area contributed by atoms with Crippen LogP contribution in [-0.4, -0.2) is 12.6 Å². The number of unbranched alkanes of at least 4 members (excludes halogenated alkanes) is 9. The number of ether oxygens (including phenoxy) is 2. The topological polar surface area (TPSA) is 35.5 Å². The van der Waals surface area contributed by atoms with Gasteiger partial charge in [-0.15, -0.1) is 0 Å². The molecule has 0 aromatic heterocycles. The van der Waals surface area contributed by atoms with Crippen molar-refractivity contribution in [2.75, 3.05) is 6.61 Å². The summed E-state index contributed by atoms with van der Waals surface area (Å²) < 4.78 is 64.9. The molecule has 0 saturated heterocycles. The normalized spacial score (nSPS) is 11.0. The smallest absolute Gasteiger partial charge is 0.349 e. The quantitative estimate of drug-likeness (QED) is 0.0429. The van der Waals surface area contributed by atoms with Gasteiger partial charge in [0.05, 0.1) is 10.2 Å². The molecule has 0 unspecified atom stereocenters. The minimum absolute atomic E-state index is 0.0375. The zero-order valence-electron chi connectivity index (χ0n) is 18.7. The highest BCUT2D eigenvalue weighted by Gasteiger charge is 2.29. The van der Waals surface area contributed by atoms with Crippen molar-refractivity contribution in [1.82, 2.24) is 0 Å². The molecule has 2 aromatic rings. The zero-order valence-corrected chi connectivity index (χ0v) is 20.9. The molecule has 2 aromatic carbocycles. The summed E-state index contributed by atoms with van der Waals surface area (Å²) in [5.41, 5.74) is -1.41. The number of carbonyl (C=O) groups is 1.